The number of hydrogen-bond donors (Lipinski definition) is 0. The third-order valence-electron chi connectivity index (χ3n) is 4.91. The average Bonchev–Trinajstić information content (AvgIpc) is 3.17. The Balaban J connectivity index is 1.66. The van der Waals surface area contributed by atoms with Crippen molar-refractivity contribution in [3.05, 3.63) is 75.9 Å². The summed E-state index contributed by atoms with van der Waals surface area (Å²) in [6.45, 7) is 7.67. The summed E-state index contributed by atoms with van der Waals surface area (Å²) in [7, 11) is 0. The van der Waals surface area contributed by atoms with Crippen LogP contribution in [-0.2, 0) is 17.7 Å². The maximum absolute atomic E-state index is 12.6. The van der Waals surface area contributed by atoms with Gasteiger partial charge in [-0.25, -0.2) is 4.79 Å². The monoisotopic (exact) mass is 380 g/mol. The molecular formula is C22H24N2O4. The van der Waals surface area contributed by atoms with Gasteiger partial charge in [0.15, 0.2) is 6.61 Å². The lowest BCUT2D eigenvalue weighted by Gasteiger charge is -2.10. The van der Waals surface area contributed by atoms with Crippen molar-refractivity contribution < 1.29 is 18.8 Å². The quantitative estimate of drug-likeness (QED) is 0.458. The minimum atomic E-state index is -0.595. The molecule has 2 aromatic heterocycles. The van der Waals surface area contributed by atoms with Crippen molar-refractivity contribution in [3.8, 4) is 0 Å². The summed E-state index contributed by atoms with van der Waals surface area (Å²) in [5, 5.41) is 3.73. The van der Waals surface area contributed by atoms with E-state index in [-0.39, 0.29) is 18.0 Å². The predicted molar refractivity (Wildman–Crippen MR) is 105 cm³/mol. The summed E-state index contributed by atoms with van der Waals surface area (Å²) < 4.78 is 12.3. The summed E-state index contributed by atoms with van der Waals surface area (Å²) >= 11 is 0. The van der Waals surface area contributed by atoms with Crippen molar-refractivity contribution in [3.63, 3.8) is 0 Å². The molecule has 0 unspecified atom stereocenters. The van der Waals surface area contributed by atoms with Crippen LogP contribution in [0, 0.1) is 27.7 Å². The lowest BCUT2D eigenvalue weighted by Crippen LogP contribution is -2.16. The Hall–Kier alpha value is -3.15. The Morgan fingerprint density at radius 2 is 1.82 bits per heavy atom. The van der Waals surface area contributed by atoms with Gasteiger partial charge in [-0.1, -0.05) is 35.5 Å². The van der Waals surface area contributed by atoms with Crippen LogP contribution in [0.5, 0.6) is 0 Å². The number of benzene rings is 1. The van der Waals surface area contributed by atoms with Crippen LogP contribution in [-0.4, -0.2) is 28.1 Å². The SMILES string of the molecule is Cc1noc(C)c1C(=O)OCC(=O)c1cc(C)n(CCc2ccccc2)c1C. The lowest BCUT2D eigenvalue weighted by atomic mass is 10.1. The molecule has 6 nitrogen and oxygen atoms in total. The fourth-order valence-electron chi connectivity index (χ4n) is 3.37. The van der Waals surface area contributed by atoms with Gasteiger partial charge >= 0.3 is 5.97 Å². The largest absolute Gasteiger partial charge is 0.454 e. The van der Waals surface area contributed by atoms with E-state index in [0.29, 0.717) is 17.0 Å². The highest BCUT2D eigenvalue weighted by Crippen LogP contribution is 2.18. The van der Waals surface area contributed by atoms with E-state index in [0.717, 1.165) is 24.4 Å². The molecule has 0 radical (unpaired) electrons. The van der Waals surface area contributed by atoms with Gasteiger partial charge in [-0.2, -0.15) is 0 Å². The van der Waals surface area contributed by atoms with Crippen LogP contribution in [0.2, 0.25) is 0 Å². The first-order valence-electron chi connectivity index (χ1n) is 9.22. The van der Waals surface area contributed by atoms with Gasteiger partial charge in [0.2, 0.25) is 5.78 Å². The molecule has 0 N–H and O–H groups in total. The highest BCUT2D eigenvalue weighted by molar-refractivity contribution is 6.00. The number of ketones is 1. The van der Waals surface area contributed by atoms with Gasteiger partial charge in [-0.3, -0.25) is 4.79 Å². The predicted octanol–water partition coefficient (Wildman–Crippen LogP) is 3.99. The number of carbonyl (C=O) groups is 2. The van der Waals surface area contributed by atoms with E-state index in [9.17, 15) is 9.59 Å². The molecule has 0 aliphatic heterocycles. The molecule has 0 saturated heterocycles. The van der Waals surface area contributed by atoms with Gasteiger partial charge < -0.3 is 13.8 Å². The molecule has 6 heteroatoms. The number of Topliss-reactive ketones (excluding diaryl/α,β-unsaturated/α-hetero) is 1. The van der Waals surface area contributed by atoms with E-state index >= 15 is 0 Å². The molecule has 0 amide bonds. The summed E-state index contributed by atoms with van der Waals surface area (Å²) in [6, 6.07) is 12.1. The molecule has 0 saturated carbocycles. The molecule has 3 rings (SSSR count). The highest BCUT2D eigenvalue weighted by Gasteiger charge is 2.22. The maximum atomic E-state index is 12.6. The van der Waals surface area contributed by atoms with Crippen molar-refractivity contribution >= 4 is 11.8 Å². The number of aromatic nitrogens is 2. The van der Waals surface area contributed by atoms with E-state index in [1.54, 1.807) is 13.8 Å². The summed E-state index contributed by atoms with van der Waals surface area (Å²) in [5.74, 6) is -0.435. The van der Waals surface area contributed by atoms with Crippen molar-refractivity contribution in [1.82, 2.24) is 9.72 Å². The van der Waals surface area contributed by atoms with Gasteiger partial charge in [0.25, 0.3) is 0 Å². The van der Waals surface area contributed by atoms with E-state index < -0.39 is 5.97 Å². The van der Waals surface area contributed by atoms with Gasteiger partial charge in [0.05, 0.1) is 5.69 Å². The van der Waals surface area contributed by atoms with Crippen molar-refractivity contribution in [2.24, 2.45) is 0 Å². The smallest absolute Gasteiger partial charge is 0.344 e. The number of aryl methyl sites for hydroxylation is 4. The zero-order chi connectivity index (χ0) is 20.3. The zero-order valence-electron chi connectivity index (χ0n) is 16.6. The molecule has 0 spiro atoms. The number of esters is 1. The van der Waals surface area contributed by atoms with Crippen LogP contribution in [0.25, 0.3) is 0 Å². The fourth-order valence-corrected chi connectivity index (χ4v) is 3.37. The summed E-state index contributed by atoms with van der Waals surface area (Å²) in [5.41, 5.74) is 4.45. The first-order valence-corrected chi connectivity index (χ1v) is 9.22. The minimum Gasteiger partial charge on any atom is -0.454 e. The first-order chi connectivity index (χ1) is 13.4. The minimum absolute atomic E-state index is 0.223. The van der Waals surface area contributed by atoms with Crippen LogP contribution in [0.15, 0.2) is 40.9 Å². The molecule has 2 heterocycles. The van der Waals surface area contributed by atoms with E-state index in [1.807, 2.05) is 38.1 Å². The van der Waals surface area contributed by atoms with Crippen molar-refractivity contribution in [1.29, 1.82) is 0 Å². The fraction of sp³-hybridized carbons (Fsp3) is 0.318. The highest BCUT2D eigenvalue weighted by atomic mass is 16.5. The second-order valence-corrected chi connectivity index (χ2v) is 6.87. The third-order valence-corrected chi connectivity index (χ3v) is 4.91. The lowest BCUT2D eigenvalue weighted by molar-refractivity contribution is 0.0472. The molecule has 0 aliphatic rings. The number of ether oxygens (including phenoxy) is 1. The molecule has 28 heavy (non-hydrogen) atoms. The third kappa shape index (κ3) is 4.06. The molecule has 0 aliphatic carbocycles. The topological polar surface area (TPSA) is 74.3 Å². The Morgan fingerprint density at radius 3 is 2.46 bits per heavy atom. The summed E-state index contributed by atoms with van der Waals surface area (Å²) in [4.78, 5) is 24.8. The Kier molecular flexibility index (Phi) is 5.78. The maximum Gasteiger partial charge on any atom is 0.344 e. The molecule has 0 fully saturated rings. The normalized spacial score (nSPS) is 10.9. The number of rotatable bonds is 7. The van der Waals surface area contributed by atoms with E-state index in [4.69, 9.17) is 9.26 Å². The van der Waals surface area contributed by atoms with Crippen LogP contribution in [0.3, 0.4) is 0 Å². The van der Waals surface area contributed by atoms with Crippen LogP contribution >= 0.6 is 0 Å². The van der Waals surface area contributed by atoms with Gasteiger partial charge in [0.1, 0.15) is 11.3 Å². The van der Waals surface area contributed by atoms with Crippen molar-refractivity contribution in [2.75, 3.05) is 6.61 Å². The second-order valence-electron chi connectivity index (χ2n) is 6.87. The van der Waals surface area contributed by atoms with Crippen molar-refractivity contribution in [2.45, 2.75) is 40.7 Å². The standard InChI is InChI=1S/C22H24N2O4/c1-14-12-19(16(3)24(14)11-10-18-8-6-5-7-9-18)20(25)13-27-22(26)21-15(2)23-28-17(21)4/h5-9,12H,10-11,13H2,1-4H3. The van der Waals surface area contributed by atoms with Gasteiger partial charge in [-0.05, 0) is 45.7 Å². The number of carbonyl (C=O) groups excluding carboxylic acids is 2. The molecular weight excluding hydrogens is 356 g/mol. The van der Waals surface area contributed by atoms with Gasteiger partial charge in [0, 0.05) is 23.5 Å². The first kappa shape index (κ1) is 19.6. The molecule has 1 aromatic carbocycles. The molecule has 0 bridgehead atoms. The van der Waals surface area contributed by atoms with Crippen LogP contribution in [0.1, 0.15) is 49.1 Å². The van der Waals surface area contributed by atoms with E-state index in [2.05, 4.69) is 21.9 Å². The molecule has 0 atom stereocenters. The average molecular weight is 380 g/mol. The second kappa shape index (κ2) is 8.25. The van der Waals surface area contributed by atoms with Crippen LogP contribution in [0.4, 0.5) is 0 Å². The van der Waals surface area contributed by atoms with Gasteiger partial charge in [-0.15, -0.1) is 0 Å². The Labute approximate surface area is 164 Å². The number of nitrogens with zero attached hydrogens (tertiary/aromatic N) is 2. The molecule has 3 aromatic rings. The summed E-state index contributed by atoms with van der Waals surface area (Å²) in [6.07, 6.45) is 0.881. The zero-order valence-corrected chi connectivity index (χ0v) is 16.6. The Morgan fingerprint density at radius 1 is 1.11 bits per heavy atom. The van der Waals surface area contributed by atoms with E-state index in [1.165, 1.54) is 5.56 Å². The molecule has 146 valence electrons. The van der Waals surface area contributed by atoms with Crippen LogP contribution < -0.4 is 0 Å². The number of hydrogen-bond acceptors (Lipinski definition) is 5. The Bertz CT molecular complexity index is 980.